The molecule has 240 valence electrons. The molecule has 0 N–H and O–H groups in total. The summed E-state index contributed by atoms with van der Waals surface area (Å²) in [5.74, 6) is 0.0597. The van der Waals surface area contributed by atoms with Crippen LogP contribution in [0.1, 0.15) is 11.4 Å². The zero-order valence-electron chi connectivity index (χ0n) is 27.8. The number of aromatic nitrogens is 2. The first kappa shape index (κ1) is 35.4. The third-order valence-electron chi connectivity index (χ3n) is 8.01. The summed E-state index contributed by atoms with van der Waals surface area (Å²) in [5.41, 5.74) is 8.42. The number of rotatable bonds is 3. The van der Waals surface area contributed by atoms with Crippen LogP contribution in [-0.2, 0) is 0 Å². The largest absolute Gasteiger partial charge is 3.00 e. The molecular weight excluding hydrogens is 631 g/mol. The zero-order chi connectivity index (χ0) is 34.2. The fourth-order valence-corrected chi connectivity index (χ4v) is 5.53. The van der Waals surface area contributed by atoms with E-state index < -0.39 is 0 Å². The second-order valence-electron chi connectivity index (χ2n) is 11.6. The fourth-order valence-electron chi connectivity index (χ4n) is 5.53. The average molecular weight is 665 g/mol. The van der Waals surface area contributed by atoms with E-state index in [1.54, 1.807) is 12.1 Å². The van der Waals surface area contributed by atoms with Crippen molar-refractivity contribution in [3.63, 3.8) is 0 Å². The molecule has 0 bridgehead atoms. The van der Waals surface area contributed by atoms with Crippen molar-refractivity contribution in [2.75, 3.05) is 0 Å². The summed E-state index contributed by atoms with van der Waals surface area (Å²) in [6.07, 6.45) is 0. The Morgan fingerprint density at radius 3 is 1.16 bits per heavy atom. The maximum atomic E-state index is 13.2. The standard InChI is InChI=1S/C24H18O.2C10H9NO.Al/c25-24-22(19-12-6-2-7-13-19)16-21(18-10-4-1-5-11-18)17-23(24)20-14-8-3-9-15-20;2*1-7-5-6-8-3-2-4-9(12)10(8)11-7;/h1-17,25H;2*2-6,12H,1H3;/q;;;+3/p-3. The second kappa shape index (κ2) is 16.5. The molecule has 0 aliphatic rings. The smallest absolute Gasteiger partial charge is 0.872 e. The van der Waals surface area contributed by atoms with Crippen molar-refractivity contribution >= 4 is 39.2 Å². The summed E-state index contributed by atoms with van der Waals surface area (Å²) in [6, 6.07) is 51.9. The third kappa shape index (κ3) is 8.37. The fraction of sp³-hybridized carbons (Fsp3) is 0.0455. The Morgan fingerprint density at radius 1 is 0.380 bits per heavy atom. The van der Waals surface area contributed by atoms with Crippen molar-refractivity contribution in [2.45, 2.75) is 13.8 Å². The molecule has 5 nitrogen and oxygen atoms in total. The first-order valence-corrected chi connectivity index (χ1v) is 16.0. The molecule has 2 heterocycles. The average Bonchev–Trinajstić information content (AvgIpc) is 3.14. The van der Waals surface area contributed by atoms with Crippen molar-refractivity contribution in [3.05, 3.63) is 175 Å². The van der Waals surface area contributed by atoms with Gasteiger partial charge in [0.1, 0.15) is 0 Å². The van der Waals surface area contributed by atoms with Crippen LogP contribution in [-0.4, -0.2) is 27.3 Å². The molecule has 6 heteroatoms. The molecular formula is C44H33AlN2O3. The van der Waals surface area contributed by atoms with Gasteiger partial charge in [-0.3, -0.25) is 9.97 Å². The minimum absolute atomic E-state index is 0. The molecule has 0 spiro atoms. The third-order valence-corrected chi connectivity index (χ3v) is 8.01. The van der Waals surface area contributed by atoms with Crippen LogP contribution in [0.3, 0.4) is 0 Å². The van der Waals surface area contributed by atoms with Gasteiger partial charge in [-0.1, -0.05) is 157 Å². The normalized spacial score (nSPS) is 10.3. The Kier molecular flexibility index (Phi) is 11.6. The summed E-state index contributed by atoms with van der Waals surface area (Å²) in [6.45, 7) is 3.76. The quantitative estimate of drug-likeness (QED) is 0.176. The Hall–Kier alpha value is -5.93. The minimum atomic E-state index is -0.00352. The van der Waals surface area contributed by atoms with E-state index in [1.165, 1.54) is 12.1 Å². The molecule has 0 radical (unpaired) electrons. The van der Waals surface area contributed by atoms with E-state index in [1.807, 2.05) is 141 Å². The summed E-state index contributed by atoms with van der Waals surface area (Å²) in [4.78, 5) is 8.33. The van der Waals surface area contributed by atoms with E-state index in [0.29, 0.717) is 11.0 Å². The number of hydrogen-bond donors (Lipinski definition) is 0. The van der Waals surface area contributed by atoms with Crippen molar-refractivity contribution in [1.82, 2.24) is 9.97 Å². The van der Waals surface area contributed by atoms with Gasteiger partial charge >= 0.3 is 17.4 Å². The maximum absolute atomic E-state index is 13.2. The molecule has 0 saturated heterocycles. The predicted molar refractivity (Wildman–Crippen MR) is 200 cm³/mol. The van der Waals surface area contributed by atoms with Gasteiger partial charge < -0.3 is 15.3 Å². The van der Waals surface area contributed by atoms with Gasteiger partial charge in [-0.25, -0.2) is 0 Å². The first-order chi connectivity index (χ1) is 23.9. The minimum Gasteiger partial charge on any atom is -0.872 e. The molecule has 0 aliphatic carbocycles. The van der Waals surface area contributed by atoms with E-state index in [4.69, 9.17) is 0 Å². The number of fused-ring (bicyclic) bond motifs is 2. The van der Waals surface area contributed by atoms with Crippen molar-refractivity contribution < 1.29 is 15.3 Å². The van der Waals surface area contributed by atoms with Crippen LogP contribution in [0.4, 0.5) is 0 Å². The number of hydrogen-bond acceptors (Lipinski definition) is 5. The number of nitrogens with zero attached hydrogens (tertiary/aromatic N) is 2. The summed E-state index contributed by atoms with van der Waals surface area (Å²) in [7, 11) is 0. The summed E-state index contributed by atoms with van der Waals surface area (Å²) < 4.78 is 0. The van der Waals surface area contributed by atoms with Gasteiger partial charge in [-0.05, 0) is 82.3 Å². The Morgan fingerprint density at radius 2 is 0.760 bits per heavy atom. The maximum Gasteiger partial charge on any atom is 3.00 e. The van der Waals surface area contributed by atoms with Crippen molar-refractivity contribution in [2.24, 2.45) is 0 Å². The van der Waals surface area contributed by atoms with Crippen LogP contribution >= 0.6 is 0 Å². The van der Waals surface area contributed by atoms with Crippen LogP contribution in [0.5, 0.6) is 17.2 Å². The monoisotopic (exact) mass is 664 g/mol. The molecule has 0 atom stereocenters. The molecule has 0 amide bonds. The van der Waals surface area contributed by atoms with Crippen LogP contribution in [0.25, 0.3) is 55.2 Å². The van der Waals surface area contributed by atoms with Crippen LogP contribution in [0.2, 0.25) is 0 Å². The Bertz CT molecular complexity index is 2190. The molecule has 0 unspecified atom stereocenters. The molecule has 0 aliphatic heterocycles. The molecule has 0 saturated carbocycles. The van der Waals surface area contributed by atoms with Crippen LogP contribution in [0, 0.1) is 13.8 Å². The van der Waals surface area contributed by atoms with Crippen LogP contribution < -0.4 is 15.3 Å². The number of pyridine rings is 2. The first-order valence-electron chi connectivity index (χ1n) is 16.0. The van der Waals surface area contributed by atoms with E-state index >= 15 is 0 Å². The van der Waals surface area contributed by atoms with Gasteiger partial charge in [0.05, 0.1) is 11.0 Å². The predicted octanol–water partition coefficient (Wildman–Crippen LogP) is 8.61. The van der Waals surface area contributed by atoms with E-state index in [0.717, 1.165) is 55.5 Å². The molecule has 8 rings (SSSR count). The Labute approximate surface area is 303 Å². The van der Waals surface area contributed by atoms with E-state index in [9.17, 15) is 15.3 Å². The van der Waals surface area contributed by atoms with Gasteiger partial charge in [-0.2, -0.15) is 0 Å². The number of benzene rings is 6. The van der Waals surface area contributed by atoms with Crippen LogP contribution in [0.15, 0.2) is 164 Å². The summed E-state index contributed by atoms with van der Waals surface area (Å²) in [5, 5.41) is 37.5. The van der Waals surface area contributed by atoms with E-state index in [2.05, 4.69) is 22.1 Å². The molecule has 2 aromatic heterocycles. The van der Waals surface area contributed by atoms with Crippen molar-refractivity contribution in [1.29, 1.82) is 0 Å². The zero-order valence-corrected chi connectivity index (χ0v) is 28.9. The molecule has 6 aromatic carbocycles. The van der Waals surface area contributed by atoms with Crippen molar-refractivity contribution in [3.8, 4) is 50.6 Å². The van der Waals surface area contributed by atoms with Gasteiger partial charge in [0.25, 0.3) is 0 Å². The SMILES string of the molecule is Cc1ccc2cccc([O-])c2n1.Cc1ccc2cccc([O-])c2n1.[Al+3].[O-]c1c(-c2ccccc2)cc(-c2ccccc2)cc1-c1ccccc1. The molecule has 50 heavy (non-hydrogen) atoms. The second-order valence-corrected chi connectivity index (χ2v) is 11.6. The van der Waals surface area contributed by atoms with Gasteiger partial charge in [0.15, 0.2) is 0 Å². The number of aryl methyl sites for hydroxylation is 2. The summed E-state index contributed by atoms with van der Waals surface area (Å²) >= 11 is 0. The molecule has 0 fully saturated rings. The number of para-hydroxylation sites is 2. The van der Waals surface area contributed by atoms with Gasteiger partial charge in [-0.15, -0.1) is 0 Å². The van der Waals surface area contributed by atoms with Gasteiger partial charge in [0.2, 0.25) is 0 Å². The molecule has 8 aromatic rings. The van der Waals surface area contributed by atoms with Gasteiger partial charge in [0, 0.05) is 11.4 Å². The Balaban J connectivity index is 0.000000162. The topological polar surface area (TPSA) is 95.0 Å². The van der Waals surface area contributed by atoms with E-state index in [-0.39, 0.29) is 34.6 Å².